The van der Waals surface area contributed by atoms with Crippen molar-refractivity contribution in [3.8, 4) is 0 Å². The average molecular weight is 358 g/mol. The lowest BCUT2D eigenvalue weighted by Gasteiger charge is -2.35. The van der Waals surface area contributed by atoms with Crippen LogP contribution in [0.2, 0.25) is 5.02 Å². The van der Waals surface area contributed by atoms with E-state index in [0.717, 1.165) is 48.7 Å². The fourth-order valence-electron chi connectivity index (χ4n) is 3.11. The van der Waals surface area contributed by atoms with Gasteiger partial charge < -0.3 is 15.1 Å². The summed E-state index contributed by atoms with van der Waals surface area (Å²) in [6, 6.07) is 13.7. The van der Waals surface area contributed by atoms with Gasteiger partial charge in [-0.25, -0.2) is 0 Å². The summed E-state index contributed by atoms with van der Waals surface area (Å²) in [5.41, 5.74) is 4.00. The van der Waals surface area contributed by atoms with Crippen molar-refractivity contribution in [3.63, 3.8) is 0 Å². The quantitative estimate of drug-likeness (QED) is 0.908. The minimum atomic E-state index is -0.0213. The Morgan fingerprint density at radius 1 is 1.12 bits per heavy atom. The van der Waals surface area contributed by atoms with Crippen LogP contribution in [-0.2, 0) is 11.2 Å². The van der Waals surface area contributed by atoms with Crippen LogP contribution >= 0.6 is 11.6 Å². The number of carbonyl (C=O) groups excluding carboxylic acids is 1. The molecule has 4 nitrogen and oxygen atoms in total. The lowest BCUT2D eigenvalue weighted by Crippen LogP contribution is -2.44. The molecule has 132 valence electrons. The largest absolute Gasteiger partial charge is 0.367 e. The molecule has 1 aliphatic rings. The van der Waals surface area contributed by atoms with Crippen LogP contribution in [0.3, 0.4) is 0 Å². The fourth-order valence-corrected chi connectivity index (χ4v) is 3.28. The van der Waals surface area contributed by atoms with E-state index in [9.17, 15) is 4.79 Å². The Morgan fingerprint density at radius 3 is 2.56 bits per heavy atom. The zero-order valence-electron chi connectivity index (χ0n) is 14.8. The van der Waals surface area contributed by atoms with Gasteiger partial charge in [-0.3, -0.25) is 4.79 Å². The van der Waals surface area contributed by atoms with Gasteiger partial charge in [0, 0.05) is 31.2 Å². The first kappa shape index (κ1) is 17.8. The van der Waals surface area contributed by atoms with E-state index in [-0.39, 0.29) is 5.91 Å². The average Bonchev–Trinajstić information content (AvgIpc) is 2.58. The maximum absolute atomic E-state index is 12.6. The van der Waals surface area contributed by atoms with Gasteiger partial charge in [-0.15, -0.1) is 0 Å². The van der Waals surface area contributed by atoms with E-state index < -0.39 is 0 Å². The lowest BCUT2D eigenvalue weighted by atomic mass is 10.1. The van der Waals surface area contributed by atoms with Crippen LogP contribution < -0.4 is 10.2 Å². The van der Waals surface area contributed by atoms with Crippen LogP contribution in [0.4, 0.5) is 11.4 Å². The fraction of sp³-hybridized carbons (Fsp3) is 0.350. The zero-order chi connectivity index (χ0) is 17.8. The molecule has 1 aliphatic heterocycles. The number of anilines is 2. The highest BCUT2D eigenvalue weighted by Crippen LogP contribution is 2.30. The lowest BCUT2D eigenvalue weighted by molar-refractivity contribution is -0.115. The zero-order valence-corrected chi connectivity index (χ0v) is 15.5. The molecule has 1 fully saturated rings. The normalized spacial score (nSPS) is 15.2. The molecule has 0 saturated carbocycles. The van der Waals surface area contributed by atoms with Crippen molar-refractivity contribution in [3.05, 3.63) is 58.6 Å². The van der Waals surface area contributed by atoms with Crippen LogP contribution in [-0.4, -0.2) is 44.0 Å². The van der Waals surface area contributed by atoms with E-state index in [1.165, 1.54) is 0 Å². The molecule has 0 radical (unpaired) electrons. The minimum absolute atomic E-state index is 0.0213. The molecule has 0 unspecified atom stereocenters. The number of likely N-dealkylation sites (N-methyl/N-ethyl adjacent to an activating group) is 1. The third-order valence-corrected chi connectivity index (χ3v) is 4.92. The molecular formula is C20H24ClN3O. The second-order valence-electron chi connectivity index (χ2n) is 6.60. The number of halogens is 1. The number of aryl methyl sites for hydroxylation is 1. The van der Waals surface area contributed by atoms with E-state index >= 15 is 0 Å². The van der Waals surface area contributed by atoms with Gasteiger partial charge in [0.15, 0.2) is 0 Å². The van der Waals surface area contributed by atoms with Crippen LogP contribution in [0, 0.1) is 6.92 Å². The summed E-state index contributed by atoms with van der Waals surface area (Å²) in [4.78, 5) is 17.2. The summed E-state index contributed by atoms with van der Waals surface area (Å²) < 4.78 is 0. The Kier molecular flexibility index (Phi) is 5.61. The predicted molar refractivity (Wildman–Crippen MR) is 105 cm³/mol. The topological polar surface area (TPSA) is 35.6 Å². The van der Waals surface area contributed by atoms with Gasteiger partial charge in [0.25, 0.3) is 0 Å². The maximum Gasteiger partial charge on any atom is 0.228 e. The van der Waals surface area contributed by atoms with E-state index in [2.05, 4.69) is 22.2 Å². The summed E-state index contributed by atoms with van der Waals surface area (Å²) in [5, 5.41) is 3.69. The maximum atomic E-state index is 12.6. The van der Waals surface area contributed by atoms with Crippen LogP contribution in [0.1, 0.15) is 11.1 Å². The molecular weight excluding hydrogens is 334 g/mol. The number of hydrogen-bond donors (Lipinski definition) is 1. The van der Waals surface area contributed by atoms with Crippen molar-refractivity contribution >= 4 is 28.9 Å². The Hall–Kier alpha value is -2.04. The van der Waals surface area contributed by atoms with Gasteiger partial charge in [-0.2, -0.15) is 0 Å². The van der Waals surface area contributed by atoms with Crippen molar-refractivity contribution in [1.82, 2.24) is 4.90 Å². The summed E-state index contributed by atoms with van der Waals surface area (Å²) >= 11 is 6.17. The molecule has 0 atom stereocenters. The number of nitrogens with one attached hydrogen (secondary N) is 1. The van der Waals surface area contributed by atoms with Crippen LogP contribution in [0.5, 0.6) is 0 Å². The number of carbonyl (C=O) groups is 1. The first-order chi connectivity index (χ1) is 12.0. The number of amides is 1. The summed E-state index contributed by atoms with van der Waals surface area (Å²) in [6.07, 6.45) is 0.362. The van der Waals surface area contributed by atoms with Crippen molar-refractivity contribution in [1.29, 1.82) is 0 Å². The van der Waals surface area contributed by atoms with Gasteiger partial charge in [0.1, 0.15) is 0 Å². The van der Waals surface area contributed by atoms with Crippen molar-refractivity contribution in [2.24, 2.45) is 0 Å². The molecule has 5 heteroatoms. The third kappa shape index (κ3) is 4.53. The van der Waals surface area contributed by atoms with Crippen molar-refractivity contribution in [2.75, 3.05) is 43.4 Å². The molecule has 0 aromatic heterocycles. The first-order valence-corrected chi connectivity index (χ1v) is 8.98. The van der Waals surface area contributed by atoms with Crippen molar-refractivity contribution in [2.45, 2.75) is 13.3 Å². The van der Waals surface area contributed by atoms with Gasteiger partial charge in [-0.05, 0) is 43.3 Å². The number of benzene rings is 2. The Morgan fingerprint density at radius 2 is 1.84 bits per heavy atom. The van der Waals surface area contributed by atoms with Crippen molar-refractivity contribution < 1.29 is 4.79 Å². The third-order valence-electron chi connectivity index (χ3n) is 4.69. The molecule has 0 bridgehead atoms. The van der Waals surface area contributed by atoms with Crippen LogP contribution in [0.15, 0.2) is 42.5 Å². The van der Waals surface area contributed by atoms with E-state index in [1.54, 1.807) is 0 Å². The molecule has 1 amide bonds. The minimum Gasteiger partial charge on any atom is -0.367 e. The Balaban J connectivity index is 1.76. The SMILES string of the molecule is Cc1ccccc1CC(=O)Nc1cc(Cl)ccc1N1CCN(C)CC1. The second kappa shape index (κ2) is 7.89. The highest BCUT2D eigenvalue weighted by atomic mass is 35.5. The molecule has 1 N–H and O–H groups in total. The Labute approximate surface area is 154 Å². The number of nitrogens with zero attached hydrogens (tertiary/aromatic N) is 2. The summed E-state index contributed by atoms with van der Waals surface area (Å²) in [6.45, 7) is 5.94. The highest BCUT2D eigenvalue weighted by molar-refractivity contribution is 6.31. The predicted octanol–water partition coefficient (Wildman–Crippen LogP) is 3.58. The monoisotopic (exact) mass is 357 g/mol. The molecule has 0 spiro atoms. The number of rotatable bonds is 4. The smallest absolute Gasteiger partial charge is 0.228 e. The van der Waals surface area contributed by atoms with E-state index in [0.29, 0.717) is 11.4 Å². The molecule has 2 aromatic rings. The standard InChI is InChI=1S/C20H24ClN3O/c1-15-5-3-4-6-16(15)13-20(25)22-18-14-17(21)7-8-19(18)24-11-9-23(2)10-12-24/h3-8,14H,9-13H2,1-2H3,(H,22,25). The molecule has 25 heavy (non-hydrogen) atoms. The second-order valence-corrected chi connectivity index (χ2v) is 7.04. The van der Waals surface area contributed by atoms with E-state index in [4.69, 9.17) is 11.6 Å². The van der Waals surface area contributed by atoms with Gasteiger partial charge in [-0.1, -0.05) is 35.9 Å². The highest BCUT2D eigenvalue weighted by Gasteiger charge is 2.18. The van der Waals surface area contributed by atoms with Crippen LogP contribution in [0.25, 0.3) is 0 Å². The van der Waals surface area contributed by atoms with Gasteiger partial charge in [0.2, 0.25) is 5.91 Å². The number of piperazine rings is 1. The van der Waals surface area contributed by atoms with Gasteiger partial charge in [0.05, 0.1) is 17.8 Å². The first-order valence-electron chi connectivity index (χ1n) is 8.60. The van der Waals surface area contributed by atoms with Gasteiger partial charge >= 0.3 is 0 Å². The summed E-state index contributed by atoms with van der Waals surface area (Å²) in [7, 11) is 2.13. The number of hydrogen-bond acceptors (Lipinski definition) is 3. The molecule has 1 heterocycles. The summed E-state index contributed by atoms with van der Waals surface area (Å²) in [5.74, 6) is -0.0213. The molecule has 0 aliphatic carbocycles. The Bertz CT molecular complexity index is 754. The molecule has 1 saturated heterocycles. The van der Waals surface area contributed by atoms with E-state index in [1.807, 2.05) is 49.4 Å². The molecule has 3 rings (SSSR count). The molecule has 2 aromatic carbocycles.